The summed E-state index contributed by atoms with van der Waals surface area (Å²) in [6, 6.07) is 0.434. The minimum absolute atomic E-state index is 0.206. The largest absolute Gasteiger partial charge is 0.393 e. The molecule has 1 aromatic rings. The van der Waals surface area contributed by atoms with E-state index in [1.807, 2.05) is 0 Å². The highest BCUT2D eigenvalue weighted by molar-refractivity contribution is 7.89. The van der Waals surface area contributed by atoms with Crippen LogP contribution in [0.15, 0.2) is 23.4 Å². The highest BCUT2D eigenvalue weighted by Gasteiger charge is 2.18. The second-order valence-corrected chi connectivity index (χ2v) is 5.77. The Morgan fingerprint density at radius 3 is 2.82 bits per heavy atom. The van der Waals surface area contributed by atoms with Crippen molar-refractivity contribution in [2.24, 2.45) is 5.73 Å². The minimum Gasteiger partial charge on any atom is -0.393 e. The van der Waals surface area contributed by atoms with E-state index in [2.05, 4.69) is 21.9 Å². The van der Waals surface area contributed by atoms with Crippen LogP contribution in [0.5, 0.6) is 0 Å². The quantitative estimate of drug-likeness (QED) is 0.768. The number of hydrogen-bond donors (Lipinski definition) is 2. The van der Waals surface area contributed by atoms with E-state index in [0.29, 0.717) is 0 Å². The Morgan fingerprint density at radius 1 is 1.65 bits per heavy atom. The Kier molecular flexibility index (Phi) is 4.49. The number of aromatic nitrogens is 1. The third-order valence-corrected chi connectivity index (χ3v) is 3.58. The SMILES string of the molecule is CC(CC(N)=S)NS(=O)(=O)c1cncc(F)c1. The lowest BCUT2D eigenvalue weighted by Crippen LogP contribution is -2.35. The molecule has 0 aliphatic carbocycles. The van der Waals surface area contributed by atoms with Gasteiger partial charge in [0.1, 0.15) is 10.7 Å². The van der Waals surface area contributed by atoms with Crippen LogP contribution in [0.2, 0.25) is 0 Å². The van der Waals surface area contributed by atoms with Crippen molar-refractivity contribution in [3.8, 4) is 0 Å². The van der Waals surface area contributed by atoms with Crippen molar-refractivity contribution in [2.75, 3.05) is 0 Å². The first-order chi connectivity index (χ1) is 7.81. The molecule has 0 spiro atoms. The number of pyridine rings is 1. The van der Waals surface area contributed by atoms with Gasteiger partial charge in [0.25, 0.3) is 0 Å². The molecule has 0 aromatic carbocycles. The summed E-state index contributed by atoms with van der Waals surface area (Å²) < 4.78 is 38.7. The molecule has 8 heteroatoms. The van der Waals surface area contributed by atoms with Crippen molar-refractivity contribution in [1.29, 1.82) is 0 Å². The predicted octanol–water partition coefficient (Wildman–Crippen LogP) is 0.564. The van der Waals surface area contributed by atoms with Crippen LogP contribution in [0.3, 0.4) is 0 Å². The Labute approximate surface area is 104 Å². The van der Waals surface area contributed by atoms with Gasteiger partial charge in [0.05, 0.1) is 11.2 Å². The van der Waals surface area contributed by atoms with Gasteiger partial charge in [-0.25, -0.2) is 17.5 Å². The van der Waals surface area contributed by atoms with Crippen LogP contribution in [-0.4, -0.2) is 24.4 Å². The zero-order chi connectivity index (χ0) is 13.1. The number of nitrogens with zero attached hydrogens (tertiary/aromatic N) is 1. The number of hydrogen-bond acceptors (Lipinski definition) is 4. The minimum atomic E-state index is -3.80. The fraction of sp³-hybridized carbons (Fsp3) is 0.333. The molecular formula is C9H12FN3O2S2. The topological polar surface area (TPSA) is 85.1 Å². The van der Waals surface area contributed by atoms with E-state index in [1.54, 1.807) is 6.92 Å². The monoisotopic (exact) mass is 277 g/mol. The number of halogens is 1. The summed E-state index contributed by atoms with van der Waals surface area (Å²) in [5.74, 6) is -0.713. The van der Waals surface area contributed by atoms with E-state index in [1.165, 1.54) is 0 Å². The van der Waals surface area contributed by atoms with E-state index < -0.39 is 21.9 Å². The average Bonchev–Trinajstić information content (AvgIpc) is 2.15. The molecule has 1 heterocycles. The van der Waals surface area contributed by atoms with Crippen LogP contribution in [0.4, 0.5) is 4.39 Å². The molecule has 0 saturated carbocycles. The van der Waals surface area contributed by atoms with Crippen molar-refractivity contribution >= 4 is 27.2 Å². The number of sulfonamides is 1. The number of rotatable bonds is 5. The third kappa shape index (κ3) is 4.33. The second kappa shape index (κ2) is 5.48. The lowest BCUT2D eigenvalue weighted by atomic mass is 10.3. The maximum atomic E-state index is 12.8. The summed E-state index contributed by atoms with van der Waals surface area (Å²) in [6.45, 7) is 1.61. The highest BCUT2D eigenvalue weighted by atomic mass is 32.2. The van der Waals surface area contributed by atoms with Gasteiger partial charge in [0.2, 0.25) is 10.0 Å². The maximum absolute atomic E-state index is 12.8. The van der Waals surface area contributed by atoms with E-state index >= 15 is 0 Å². The molecule has 0 radical (unpaired) electrons. The van der Waals surface area contributed by atoms with Gasteiger partial charge in [0, 0.05) is 18.7 Å². The molecule has 1 unspecified atom stereocenters. The van der Waals surface area contributed by atoms with Gasteiger partial charge < -0.3 is 5.73 Å². The lowest BCUT2D eigenvalue weighted by Gasteiger charge is -2.13. The first-order valence-corrected chi connectivity index (χ1v) is 6.61. The summed E-state index contributed by atoms with van der Waals surface area (Å²) in [7, 11) is -3.80. The molecule has 1 aromatic heterocycles. The van der Waals surface area contributed by atoms with E-state index in [0.717, 1.165) is 18.5 Å². The average molecular weight is 277 g/mol. The van der Waals surface area contributed by atoms with E-state index in [9.17, 15) is 12.8 Å². The molecule has 1 atom stereocenters. The zero-order valence-electron chi connectivity index (χ0n) is 9.05. The van der Waals surface area contributed by atoms with Crippen LogP contribution in [0.1, 0.15) is 13.3 Å². The van der Waals surface area contributed by atoms with Crippen LogP contribution in [0, 0.1) is 5.82 Å². The van der Waals surface area contributed by atoms with Gasteiger partial charge >= 0.3 is 0 Å². The molecule has 1 rings (SSSR count). The summed E-state index contributed by atoms with van der Waals surface area (Å²) in [5, 5.41) is 0. The molecule has 94 valence electrons. The molecule has 0 amide bonds. The van der Waals surface area contributed by atoms with Crippen molar-refractivity contribution < 1.29 is 12.8 Å². The molecule has 0 bridgehead atoms. The van der Waals surface area contributed by atoms with Gasteiger partial charge in [-0.1, -0.05) is 12.2 Å². The van der Waals surface area contributed by atoms with Crippen molar-refractivity contribution in [2.45, 2.75) is 24.3 Å². The summed E-state index contributed by atoms with van der Waals surface area (Å²) in [4.78, 5) is 3.45. The zero-order valence-corrected chi connectivity index (χ0v) is 10.7. The van der Waals surface area contributed by atoms with Gasteiger partial charge in [-0.2, -0.15) is 0 Å². The smallest absolute Gasteiger partial charge is 0.242 e. The maximum Gasteiger partial charge on any atom is 0.242 e. The molecule has 3 N–H and O–H groups in total. The molecule has 5 nitrogen and oxygen atoms in total. The Bertz CT molecular complexity index is 519. The van der Waals surface area contributed by atoms with Crippen LogP contribution in [-0.2, 0) is 10.0 Å². The van der Waals surface area contributed by atoms with Crippen LogP contribution >= 0.6 is 12.2 Å². The van der Waals surface area contributed by atoms with Gasteiger partial charge in [-0.3, -0.25) is 4.98 Å². The standard InChI is InChI=1S/C9H12FN3O2S2/c1-6(2-9(11)16)13-17(14,15)8-3-7(10)4-12-5-8/h3-6,13H,2H2,1H3,(H2,11,16). The van der Waals surface area contributed by atoms with E-state index in [4.69, 9.17) is 5.73 Å². The molecular weight excluding hydrogens is 265 g/mol. The number of thiocarbonyl (C=S) groups is 1. The number of nitrogens with one attached hydrogen (secondary N) is 1. The van der Waals surface area contributed by atoms with E-state index in [-0.39, 0.29) is 16.3 Å². The fourth-order valence-electron chi connectivity index (χ4n) is 1.22. The summed E-state index contributed by atoms with van der Waals surface area (Å²) >= 11 is 4.67. The Balaban J connectivity index is 2.86. The normalized spacial score (nSPS) is 13.3. The predicted molar refractivity (Wildman–Crippen MR) is 65.4 cm³/mol. The highest BCUT2D eigenvalue weighted by Crippen LogP contribution is 2.09. The van der Waals surface area contributed by atoms with Gasteiger partial charge in [0.15, 0.2) is 0 Å². The molecule has 17 heavy (non-hydrogen) atoms. The van der Waals surface area contributed by atoms with Crippen molar-refractivity contribution in [1.82, 2.24) is 9.71 Å². The Morgan fingerprint density at radius 2 is 2.29 bits per heavy atom. The molecule has 0 aliphatic heterocycles. The fourth-order valence-corrected chi connectivity index (χ4v) is 2.68. The second-order valence-electron chi connectivity index (χ2n) is 3.53. The van der Waals surface area contributed by atoms with Gasteiger partial charge in [-0.15, -0.1) is 0 Å². The lowest BCUT2D eigenvalue weighted by molar-refractivity contribution is 0.560. The van der Waals surface area contributed by atoms with Crippen molar-refractivity contribution in [3.63, 3.8) is 0 Å². The first kappa shape index (κ1) is 13.9. The van der Waals surface area contributed by atoms with Gasteiger partial charge in [-0.05, 0) is 13.0 Å². The third-order valence-electron chi connectivity index (χ3n) is 1.85. The molecule has 0 saturated heterocycles. The molecule has 0 fully saturated rings. The number of nitrogens with two attached hydrogens (primary N) is 1. The van der Waals surface area contributed by atoms with Crippen LogP contribution < -0.4 is 10.5 Å². The Hall–Kier alpha value is -1.12. The first-order valence-electron chi connectivity index (χ1n) is 4.72. The molecule has 0 aliphatic rings. The summed E-state index contributed by atoms with van der Waals surface area (Å²) in [6.07, 6.45) is 2.23. The van der Waals surface area contributed by atoms with Crippen LogP contribution in [0.25, 0.3) is 0 Å². The van der Waals surface area contributed by atoms with Crippen molar-refractivity contribution in [3.05, 3.63) is 24.3 Å². The summed E-state index contributed by atoms with van der Waals surface area (Å²) in [5.41, 5.74) is 5.30.